The molecule has 0 N–H and O–H groups in total. The highest BCUT2D eigenvalue weighted by molar-refractivity contribution is 9.10. The zero-order valence-corrected chi connectivity index (χ0v) is 12.9. The lowest BCUT2D eigenvalue weighted by atomic mass is 10.2. The summed E-state index contributed by atoms with van der Waals surface area (Å²) in [5.74, 6) is 1.14. The van der Waals surface area contributed by atoms with Gasteiger partial charge in [-0.15, -0.1) is 0 Å². The Hall–Kier alpha value is -1.17. The third kappa shape index (κ3) is 3.43. The average Bonchev–Trinajstić information content (AvgIpc) is 2.46. The van der Waals surface area contributed by atoms with Crippen LogP contribution < -0.4 is 4.90 Å². The van der Waals surface area contributed by atoms with Crippen molar-refractivity contribution in [1.82, 2.24) is 14.9 Å². The quantitative estimate of drug-likeness (QED) is 0.792. The van der Waals surface area contributed by atoms with E-state index in [9.17, 15) is 4.79 Å². The zero-order chi connectivity index (χ0) is 13.8. The number of hydrogen-bond donors (Lipinski definition) is 0. The van der Waals surface area contributed by atoms with E-state index in [4.69, 9.17) is 0 Å². The molecule has 2 rings (SSSR count). The molecule has 1 aliphatic rings. The highest BCUT2D eigenvalue weighted by atomic mass is 79.9. The fourth-order valence-corrected chi connectivity index (χ4v) is 2.43. The number of carbonyl (C=O) groups is 1. The van der Waals surface area contributed by atoms with E-state index in [1.807, 2.05) is 24.8 Å². The molecule has 0 aliphatic carbocycles. The number of alkyl halides is 1. The van der Waals surface area contributed by atoms with E-state index in [-0.39, 0.29) is 10.7 Å². The average molecular weight is 327 g/mol. The maximum Gasteiger partial charge on any atom is 0.236 e. The van der Waals surface area contributed by atoms with Gasteiger partial charge in [-0.1, -0.05) is 22.9 Å². The predicted molar refractivity (Wildman–Crippen MR) is 78.6 cm³/mol. The number of carbonyl (C=O) groups excluding carboxylic acids is 1. The highest BCUT2D eigenvalue weighted by Gasteiger charge is 2.25. The number of hydrogen-bond acceptors (Lipinski definition) is 4. The lowest BCUT2D eigenvalue weighted by Gasteiger charge is -2.36. The number of piperazine rings is 1. The van der Waals surface area contributed by atoms with Gasteiger partial charge in [-0.3, -0.25) is 4.79 Å². The summed E-state index contributed by atoms with van der Waals surface area (Å²) in [7, 11) is 0. The first-order chi connectivity index (χ1) is 9.11. The van der Waals surface area contributed by atoms with Gasteiger partial charge in [-0.2, -0.15) is 0 Å². The second-order valence-electron chi connectivity index (χ2n) is 4.71. The third-order valence-electron chi connectivity index (χ3n) is 3.33. The van der Waals surface area contributed by atoms with Crippen molar-refractivity contribution in [3.8, 4) is 0 Å². The summed E-state index contributed by atoms with van der Waals surface area (Å²) in [4.78, 5) is 24.5. The molecule has 5 nitrogen and oxygen atoms in total. The van der Waals surface area contributed by atoms with Gasteiger partial charge in [-0.25, -0.2) is 9.97 Å². The second kappa shape index (κ2) is 6.32. The van der Waals surface area contributed by atoms with Crippen LogP contribution in [0.2, 0.25) is 0 Å². The lowest BCUT2D eigenvalue weighted by Crippen LogP contribution is -2.50. The summed E-state index contributed by atoms with van der Waals surface area (Å²) in [6.07, 6.45) is 2.41. The van der Waals surface area contributed by atoms with Crippen LogP contribution in [0.5, 0.6) is 0 Å². The topological polar surface area (TPSA) is 49.3 Å². The number of aryl methyl sites for hydroxylation is 1. The zero-order valence-electron chi connectivity index (χ0n) is 11.3. The van der Waals surface area contributed by atoms with E-state index < -0.39 is 0 Å². The molecule has 0 spiro atoms. The molecule has 104 valence electrons. The normalized spacial score (nSPS) is 17.4. The minimum atomic E-state index is -0.0552. The molecule has 0 aromatic carbocycles. The van der Waals surface area contributed by atoms with Gasteiger partial charge in [0, 0.05) is 37.9 Å². The Balaban J connectivity index is 1.94. The Kier molecular flexibility index (Phi) is 4.74. The van der Waals surface area contributed by atoms with E-state index in [0.717, 1.165) is 44.1 Å². The van der Waals surface area contributed by atoms with Crippen molar-refractivity contribution in [2.75, 3.05) is 31.1 Å². The minimum Gasteiger partial charge on any atom is -0.353 e. The van der Waals surface area contributed by atoms with Crippen molar-refractivity contribution in [2.24, 2.45) is 0 Å². The van der Waals surface area contributed by atoms with Gasteiger partial charge in [0.1, 0.15) is 12.1 Å². The monoisotopic (exact) mass is 326 g/mol. The van der Waals surface area contributed by atoms with E-state index >= 15 is 0 Å². The number of nitrogens with zero attached hydrogens (tertiary/aromatic N) is 4. The Morgan fingerprint density at radius 1 is 1.37 bits per heavy atom. The van der Waals surface area contributed by atoms with Gasteiger partial charge in [0.25, 0.3) is 0 Å². The van der Waals surface area contributed by atoms with E-state index in [1.165, 1.54) is 0 Å². The molecule has 0 saturated carbocycles. The van der Waals surface area contributed by atoms with Gasteiger partial charge in [0.2, 0.25) is 5.91 Å². The van der Waals surface area contributed by atoms with Gasteiger partial charge in [0.05, 0.1) is 4.83 Å². The first-order valence-electron chi connectivity index (χ1n) is 6.58. The molecule has 1 aromatic rings. The SMILES string of the molecule is CCC(Br)C(=O)N1CCN(c2cc(C)ncn2)CC1. The summed E-state index contributed by atoms with van der Waals surface area (Å²) >= 11 is 3.42. The minimum absolute atomic E-state index is 0.0552. The van der Waals surface area contributed by atoms with Crippen LogP contribution >= 0.6 is 15.9 Å². The second-order valence-corrected chi connectivity index (χ2v) is 5.81. The van der Waals surface area contributed by atoms with Crippen LogP contribution in [0.3, 0.4) is 0 Å². The largest absolute Gasteiger partial charge is 0.353 e. The molecule has 6 heteroatoms. The molecule has 0 bridgehead atoms. The molecular formula is C13H19BrN4O. The first-order valence-corrected chi connectivity index (χ1v) is 7.50. The van der Waals surface area contributed by atoms with Crippen LogP contribution in [0, 0.1) is 6.92 Å². The Morgan fingerprint density at radius 3 is 2.63 bits per heavy atom. The maximum absolute atomic E-state index is 12.1. The van der Waals surface area contributed by atoms with E-state index in [2.05, 4.69) is 30.8 Å². The smallest absolute Gasteiger partial charge is 0.236 e. The van der Waals surface area contributed by atoms with Crippen LogP contribution in [0.4, 0.5) is 5.82 Å². The summed E-state index contributed by atoms with van der Waals surface area (Å²) < 4.78 is 0. The van der Waals surface area contributed by atoms with Crippen molar-refractivity contribution < 1.29 is 4.79 Å². The summed E-state index contributed by atoms with van der Waals surface area (Å²) in [6.45, 7) is 7.13. The van der Waals surface area contributed by atoms with E-state index in [0.29, 0.717) is 0 Å². The van der Waals surface area contributed by atoms with E-state index in [1.54, 1.807) is 6.33 Å². The molecule has 2 heterocycles. The molecular weight excluding hydrogens is 308 g/mol. The van der Waals surface area contributed by atoms with Crippen molar-refractivity contribution >= 4 is 27.7 Å². The number of rotatable bonds is 3. The fourth-order valence-electron chi connectivity index (χ4n) is 2.14. The van der Waals surface area contributed by atoms with Crippen molar-refractivity contribution in [1.29, 1.82) is 0 Å². The molecule has 1 unspecified atom stereocenters. The maximum atomic E-state index is 12.1. The molecule has 1 atom stereocenters. The van der Waals surface area contributed by atoms with Gasteiger partial charge in [-0.05, 0) is 13.3 Å². The number of anilines is 1. The highest BCUT2D eigenvalue weighted by Crippen LogP contribution is 2.16. The standard InChI is InChI=1S/C13H19BrN4O/c1-3-11(14)13(19)18-6-4-17(5-7-18)12-8-10(2)15-9-16-12/h8-9,11H,3-7H2,1-2H3. The molecule has 19 heavy (non-hydrogen) atoms. The first kappa shape index (κ1) is 14.2. The fraction of sp³-hybridized carbons (Fsp3) is 0.615. The molecule has 1 aromatic heterocycles. The Labute approximate surface area is 122 Å². The number of aromatic nitrogens is 2. The van der Waals surface area contributed by atoms with Crippen LogP contribution in [-0.2, 0) is 4.79 Å². The van der Waals surface area contributed by atoms with Crippen LogP contribution in [0.15, 0.2) is 12.4 Å². The number of amides is 1. The Morgan fingerprint density at radius 2 is 2.05 bits per heavy atom. The van der Waals surface area contributed by atoms with Crippen LogP contribution in [0.1, 0.15) is 19.0 Å². The molecule has 1 fully saturated rings. The molecule has 1 aliphatic heterocycles. The number of halogens is 1. The summed E-state index contributed by atoms with van der Waals surface area (Å²) in [6, 6.07) is 1.98. The van der Waals surface area contributed by atoms with Gasteiger partial charge < -0.3 is 9.80 Å². The molecule has 1 saturated heterocycles. The molecule has 1 amide bonds. The van der Waals surface area contributed by atoms with Crippen molar-refractivity contribution in [3.05, 3.63) is 18.1 Å². The third-order valence-corrected chi connectivity index (χ3v) is 4.37. The molecule has 0 radical (unpaired) electrons. The summed E-state index contributed by atoms with van der Waals surface area (Å²) in [5, 5.41) is 0. The predicted octanol–water partition coefficient (Wildman–Crippen LogP) is 1.61. The van der Waals surface area contributed by atoms with Crippen molar-refractivity contribution in [2.45, 2.75) is 25.1 Å². The Bertz CT molecular complexity index is 446. The van der Waals surface area contributed by atoms with Crippen molar-refractivity contribution in [3.63, 3.8) is 0 Å². The summed E-state index contributed by atoms with van der Waals surface area (Å²) in [5.41, 5.74) is 0.968. The van der Waals surface area contributed by atoms with Gasteiger partial charge in [0.15, 0.2) is 0 Å². The van der Waals surface area contributed by atoms with Crippen LogP contribution in [0.25, 0.3) is 0 Å². The van der Waals surface area contributed by atoms with Gasteiger partial charge >= 0.3 is 0 Å². The lowest BCUT2D eigenvalue weighted by molar-refractivity contribution is -0.130. The van der Waals surface area contributed by atoms with Crippen LogP contribution in [-0.4, -0.2) is 51.8 Å².